The van der Waals surface area contributed by atoms with Crippen molar-refractivity contribution < 1.29 is 5.11 Å². The lowest BCUT2D eigenvalue weighted by atomic mass is 9.48. The van der Waals surface area contributed by atoms with Crippen LogP contribution < -0.4 is 0 Å². The van der Waals surface area contributed by atoms with Crippen LogP contribution in [0.1, 0.15) is 99.3 Å². The van der Waals surface area contributed by atoms with Gasteiger partial charge in [-0.1, -0.05) is 64.8 Å². The van der Waals surface area contributed by atoms with Gasteiger partial charge in [-0.15, -0.1) is 0 Å². The van der Waals surface area contributed by atoms with E-state index in [-0.39, 0.29) is 6.10 Å². The molecule has 4 rings (SSSR count). The molecule has 0 unspecified atom stereocenters. The van der Waals surface area contributed by atoms with E-state index in [1.807, 2.05) is 5.57 Å². The van der Waals surface area contributed by atoms with E-state index in [4.69, 9.17) is 0 Å². The Balaban J connectivity index is 1.60. The summed E-state index contributed by atoms with van der Waals surface area (Å²) in [5, 5.41) is 10.3. The number of hydrogen-bond donors (Lipinski definition) is 1. The van der Waals surface area contributed by atoms with Gasteiger partial charge in [0.15, 0.2) is 0 Å². The molecule has 4 aliphatic rings. The lowest BCUT2D eigenvalue weighted by molar-refractivity contribution is -0.0141. The molecule has 3 fully saturated rings. The highest BCUT2D eigenvalue weighted by molar-refractivity contribution is 5.29. The van der Waals surface area contributed by atoms with E-state index in [0.29, 0.717) is 22.7 Å². The molecule has 0 radical (unpaired) electrons. The van der Waals surface area contributed by atoms with Crippen molar-refractivity contribution in [2.45, 2.75) is 105 Å². The van der Waals surface area contributed by atoms with Crippen LogP contribution in [0.25, 0.3) is 0 Å². The van der Waals surface area contributed by atoms with Crippen LogP contribution >= 0.6 is 0 Å². The third kappa shape index (κ3) is 3.48. The summed E-state index contributed by atoms with van der Waals surface area (Å²) in [6.45, 7) is 14.8. The van der Waals surface area contributed by atoms with Crippen molar-refractivity contribution >= 4 is 0 Å². The van der Waals surface area contributed by atoms with Gasteiger partial charge in [-0.2, -0.15) is 0 Å². The number of hydrogen-bond acceptors (Lipinski definition) is 1. The van der Waals surface area contributed by atoms with Gasteiger partial charge in [0, 0.05) is 0 Å². The summed E-state index contributed by atoms with van der Waals surface area (Å²) in [4.78, 5) is 0. The van der Waals surface area contributed by atoms with Gasteiger partial charge in [-0.3, -0.25) is 0 Å². The minimum atomic E-state index is -0.0451. The fourth-order valence-electron chi connectivity index (χ4n) is 8.58. The molecule has 0 aliphatic heterocycles. The van der Waals surface area contributed by atoms with Crippen LogP contribution in [0.15, 0.2) is 23.3 Å². The maximum absolute atomic E-state index is 10.3. The molecule has 164 valence electrons. The highest BCUT2D eigenvalue weighted by atomic mass is 16.3. The number of aliphatic hydroxyl groups is 1. The molecule has 1 heteroatoms. The van der Waals surface area contributed by atoms with Crippen LogP contribution in [-0.4, -0.2) is 11.2 Å². The fourth-order valence-corrected chi connectivity index (χ4v) is 8.58. The lowest BCUT2D eigenvalue weighted by Crippen LogP contribution is -2.48. The molecule has 0 heterocycles. The Hall–Kier alpha value is -0.560. The summed E-state index contributed by atoms with van der Waals surface area (Å²) in [6, 6.07) is 0. The molecule has 0 saturated heterocycles. The van der Waals surface area contributed by atoms with Crippen molar-refractivity contribution in [1.29, 1.82) is 0 Å². The fraction of sp³-hybridized carbons (Fsp3) is 0.857. The summed E-state index contributed by atoms with van der Waals surface area (Å²) >= 11 is 0. The Kier molecular flexibility index (Phi) is 5.86. The summed E-state index contributed by atoms with van der Waals surface area (Å²) < 4.78 is 0. The Morgan fingerprint density at radius 1 is 1.14 bits per heavy atom. The lowest BCUT2D eigenvalue weighted by Gasteiger charge is -2.57. The zero-order valence-electron chi connectivity index (χ0n) is 20.0. The van der Waals surface area contributed by atoms with Gasteiger partial charge in [0.25, 0.3) is 0 Å². The van der Waals surface area contributed by atoms with Gasteiger partial charge in [0.2, 0.25) is 0 Å². The average Bonchev–Trinajstić information content (AvgIpc) is 3.03. The van der Waals surface area contributed by atoms with Crippen LogP contribution in [0.5, 0.6) is 0 Å². The summed E-state index contributed by atoms with van der Waals surface area (Å²) in [5.41, 5.74) is 4.34. The van der Waals surface area contributed by atoms with Gasteiger partial charge in [0.1, 0.15) is 0 Å². The van der Waals surface area contributed by atoms with E-state index in [1.165, 1.54) is 44.9 Å². The molecule has 0 aromatic carbocycles. The highest BCUT2D eigenvalue weighted by Crippen LogP contribution is 2.66. The zero-order valence-corrected chi connectivity index (χ0v) is 20.0. The van der Waals surface area contributed by atoms with Crippen molar-refractivity contribution in [1.82, 2.24) is 0 Å². The molecule has 29 heavy (non-hydrogen) atoms. The van der Waals surface area contributed by atoms with E-state index < -0.39 is 0 Å². The summed E-state index contributed by atoms with van der Waals surface area (Å²) in [5.74, 6) is 4.65. The molecule has 4 aliphatic carbocycles. The second-order valence-electron chi connectivity index (χ2n) is 12.0. The molecule has 0 bridgehead atoms. The van der Waals surface area contributed by atoms with Crippen molar-refractivity contribution in [3.05, 3.63) is 23.3 Å². The summed E-state index contributed by atoms with van der Waals surface area (Å²) in [7, 11) is 0. The van der Waals surface area contributed by atoms with E-state index in [9.17, 15) is 5.11 Å². The number of aliphatic hydroxyl groups excluding tert-OH is 1. The summed E-state index contributed by atoms with van der Waals surface area (Å²) in [6.07, 6.45) is 16.7. The molecule has 8 atom stereocenters. The molecule has 0 aromatic heterocycles. The predicted octanol–water partition coefficient (Wildman–Crippen LogP) is 7.55. The van der Waals surface area contributed by atoms with Gasteiger partial charge in [-0.25, -0.2) is 0 Å². The molecule has 1 nitrogen and oxygen atoms in total. The maximum Gasteiger partial charge on any atom is 0.0543 e. The van der Waals surface area contributed by atoms with Gasteiger partial charge in [0.05, 0.1) is 6.10 Å². The zero-order chi connectivity index (χ0) is 21.0. The second-order valence-corrected chi connectivity index (χ2v) is 12.0. The van der Waals surface area contributed by atoms with Gasteiger partial charge in [-0.05, 0) is 104 Å². The molecule has 0 aromatic rings. The maximum atomic E-state index is 10.3. The molecule has 3 saturated carbocycles. The second kappa shape index (κ2) is 7.85. The Labute approximate surface area is 180 Å². The van der Waals surface area contributed by atoms with Crippen LogP contribution in [0.2, 0.25) is 0 Å². The number of fused-ring (bicyclic) bond motifs is 5. The van der Waals surface area contributed by atoms with Crippen molar-refractivity contribution in [2.75, 3.05) is 0 Å². The smallest absolute Gasteiger partial charge is 0.0543 e. The molecular weight excluding hydrogens is 352 g/mol. The molecule has 1 N–H and O–H groups in total. The van der Waals surface area contributed by atoms with E-state index in [1.54, 1.807) is 5.57 Å². The molecular formula is C28H46O. The van der Waals surface area contributed by atoms with E-state index in [2.05, 4.69) is 53.7 Å². The third-order valence-electron chi connectivity index (χ3n) is 10.3. The number of rotatable bonds is 4. The topological polar surface area (TPSA) is 20.2 Å². The minimum Gasteiger partial charge on any atom is -0.393 e. The van der Waals surface area contributed by atoms with Gasteiger partial charge < -0.3 is 5.11 Å². The third-order valence-corrected chi connectivity index (χ3v) is 10.3. The van der Waals surface area contributed by atoms with E-state index >= 15 is 0 Å². The highest BCUT2D eigenvalue weighted by Gasteiger charge is 2.57. The monoisotopic (exact) mass is 398 g/mol. The average molecular weight is 399 g/mol. The van der Waals surface area contributed by atoms with Crippen molar-refractivity contribution in [3.63, 3.8) is 0 Å². The first kappa shape index (κ1) is 21.7. The first-order chi connectivity index (χ1) is 13.7. The van der Waals surface area contributed by atoms with Crippen molar-refractivity contribution in [2.24, 2.45) is 46.3 Å². The molecule has 0 amide bonds. The largest absolute Gasteiger partial charge is 0.393 e. The Bertz CT molecular complexity index is 672. The first-order valence-electron chi connectivity index (χ1n) is 12.8. The Morgan fingerprint density at radius 2 is 1.90 bits per heavy atom. The van der Waals surface area contributed by atoms with Crippen LogP contribution in [0.4, 0.5) is 0 Å². The minimum absolute atomic E-state index is 0.0451. The van der Waals surface area contributed by atoms with E-state index in [0.717, 1.165) is 36.5 Å². The van der Waals surface area contributed by atoms with Crippen LogP contribution in [0, 0.1) is 46.3 Å². The van der Waals surface area contributed by atoms with Crippen LogP contribution in [0.3, 0.4) is 0 Å². The standard InChI is InChI=1S/C28H46O/c1-7-20(18(2)3)16-19(4)24-10-11-25-23-9-8-21-17-22(29)12-14-27(21,5)26(23)13-15-28(24,25)6/h13,16,18-19,21-25,29H,7-12,14-15,17H2,1-6H3/b20-16-/t19-,21-,22+,23-,24+,25-,27-,28+/m0/s1. The quantitative estimate of drug-likeness (QED) is 0.484. The SMILES string of the molecule is CC/C(=C/[C@H](C)[C@H]1CC[C@H]2[C@@H]3CC[C@H]4C[C@H](O)CC[C@]4(C)C3=CC[C@]12C)C(C)C. The van der Waals surface area contributed by atoms with Gasteiger partial charge >= 0.3 is 0 Å². The first-order valence-corrected chi connectivity index (χ1v) is 12.8. The normalized spacial score (nSPS) is 46.0. The molecule has 0 spiro atoms. The Morgan fingerprint density at radius 3 is 2.59 bits per heavy atom. The predicted molar refractivity (Wildman–Crippen MR) is 124 cm³/mol. The van der Waals surface area contributed by atoms with Crippen LogP contribution in [-0.2, 0) is 0 Å². The van der Waals surface area contributed by atoms with Crippen molar-refractivity contribution in [3.8, 4) is 0 Å². The number of allylic oxidation sites excluding steroid dienone is 4.